The van der Waals surface area contributed by atoms with Crippen LogP contribution in [0.15, 0.2) is 0 Å². The van der Waals surface area contributed by atoms with Gasteiger partial charge in [0.15, 0.2) is 0 Å². The molecule has 2 fully saturated rings. The molecule has 0 spiro atoms. The topological polar surface area (TPSA) is 63.9 Å². The van der Waals surface area contributed by atoms with Gasteiger partial charge in [0.1, 0.15) is 6.23 Å². The minimum Gasteiger partial charge on any atom is -0.392 e. The van der Waals surface area contributed by atoms with Gasteiger partial charge in [-0.25, -0.2) is 0 Å². The van der Waals surface area contributed by atoms with Gasteiger partial charge < -0.3 is 15.3 Å². The summed E-state index contributed by atoms with van der Waals surface area (Å²) in [4.78, 5) is 1.73. The molecule has 3 N–H and O–H groups in total. The van der Waals surface area contributed by atoms with Crippen LogP contribution in [-0.4, -0.2) is 51.7 Å². The molecule has 2 rings (SSSR count). The number of rotatable bonds is 0. The highest BCUT2D eigenvalue weighted by molar-refractivity contribution is 4.93. The maximum Gasteiger partial charge on any atom is 0.134 e. The quantitative estimate of drug-likeness (QED) is 0.397. The van der Waals surface area contributed by atoms with Crippen molar-refractivity contribution in [3.05, 3.63) is 0 Å². The second-order valence-corrected chi connectivity index (χ2v) is 3.51. The Balaban J connectivity index is 2.13. The number of piperidine rings is 1. The second-order valence-electron chi connectivity index (χ2n) is 3.51. The molecule has 0 saturated carbocycles. The molecule has 2 heterocycles. The molecule has 0 aliphatic carbocycles. The van der Waals surface area contributed by atoms with Crippen LogP contribution in [0.25, 0.3) is 0 Å². The predicted molar refractivity (Wildman–Crippen MR) is 37.7 cm³/mol. The van der Waals surface area contributed by atoms with Gasteiger partial charge >= 0.3 is 0 Å². The summed E-state index contributed by atoms with van der Waals surface area (Å²) in [5.74, 6) is 0.0637. The third-order valence-electron chi connectivity index (χ3n) is 2.65. The first-order valence-electron chi connectivity index (χ1n) is 3.96. The average molecular weight is 159 g/mol. The average Bonchev–Trinajstić information content (AvgIpc) is 2.16. The monoisotopic (exact) mass is 159 g/mol. The zero-order valence-electron chi connectivity index (χ0n) is 6.22. The summed E-state index contributed by atoms with van der Waals surface area (Å²) in [6.45, 7) is 1.22. The summed E-state index contributed by atoms with van der Waals surface area (Å²) in [5, 5.41) is 28.0. The molecule has 0 aromatic rings. The Labute approximate surface area is 65.1 Å². The van der Waals surface area contributed by atoms with Crippen LogP contribution < -0.4 is 0 Å². The van der Waals surface area contributed by atoms with E-state index in [0.29, 0.717) is 13.0 Å². The van der Waals surface area contributed by atoms with E-state index in [0.717, 1.165) is 6.54 Å². The maximum atomic E-state index is 9.38. The molecule has 0 aromatic carbocycles. The van der Waals surface area contributed by atoms with Gasteiger partial charge in [0.25, 0.3) is 0 Å². The van der Waals surface area contributed by atoms with Crippen molar-refractivity contribution in [2.45, 2.75) is 24.9 Å². The summed E-state index contributed by atoms with van der Waals surface area (Å²) in [6, 6.07) is 0. The highest BCUT2D eigenvalue weighted by Gasteiger charge is 2.44. The first-order valence-corrected chi connectivity index (χ1v) is 3.96. The van der Waals surface area contributed by atoms with Crippen molar-refractivity contribution in [2.24, 2.45) is 5.92 Å². The van der Waals surface area contributed by atoms with Crippen molar-refractivity contribution in [1.82, 2.24) is 4.90 Å². The fourth-order valence-corrected chi connectivity index (χ4v) is 2.07. The van der Waals surface area contributed by atoms with Crippen LogP contribution in [0.4, 0.5) is 0 Å². The molecule has 2 aliphatic heterocycles. The molecule has 2 aliphatic rings. The first-order chi connectivity index (χ1) is 5.18. The van der Waals surface area contributed by atoms with Crippen molar-refractivity contribution in [3.8, 4) is 0 Å². The van der Waals surface area contributed by atoms with Crippen LogP contribution in [0.2, 0.25) is 0 Å². The summed E-state index contributed by atoms with van der Waals surface area (Å²) in [7, 11) is 0. The molecule has 2 saturated heterocycles. The van der Waals surface area contributed by atoms with Crippen LogP contribution in [-0.2, 0) is 0 Å². The molecule has 5 atom stereocenters. The standard InChI is InChI=1S/C7H13NO3/c9-5-1-4-2-8(3-5)7(11)6(4)10/h4-7,9-11H,1-3H2. The zero-order valence-corrected chi connectivity index (χ0v) is 6.22. The third kappa shape index (κ3) is 1.06. The Morgan fingerprint density at radius 1 is 1.09 bits per heavy atom. The smallest absolute Gasteiger partial charge is 0.134 e. The van der Waals surface area contributed by atoms with E-state index in [1.54, 1.807) is 4.90 Å². The minimum absolute atomic E-state index is 0.0637. The van der Waals surface area contributed by atoms with Gasteiger partial charge in [0.05, 0.1) is 12.2 Å². The lowest BCUT2D eigenvalue weighted by molar-refractivity contribution is -0.0412. The van der Waals surface area contributed by atoms with Gasteiger partial charge in [-0.2, -0.15) is 0 Å². The van der Waals surface area contributed by atoms with Crippen molar-refractivity contribution in [3.63, 3.8) is 0 Å². The van der Waals surface area contributed by atoms with E-state index in [1.807, 2.05) is 0 Å². The zero-order chi connectivity index (χ0) is 8.01. The third-order valence-corrected chi connectivity index (χ3v) is 2.65. The van der Waals surface area contributed by atoms with Crippen LogP contribution in [0.3, 0.4) is 0 Å². The van der Waals surface area contributed by atoms with E-state index in [2.05, 4.69) is 0 Å². The molecule has 4 heteroatoms. The van der Waals surface area contributed by atoms with E-state index in [1.165, 1.54) is 0 Å². The van der Waals surface area contributed by atoms with E-state index in [-0.39, 0.29) is 12.0 Å². The summed E-state index contributed by atoms with van der Waals surface area (Å²) < 4.78 is 0. The fraction of sp³-hybridized carbons (Fsp3) is 1.00. The lowest BCUT2D eigenvalue weighted by atomic mass is 9.97. The Bertz CT molecular complexity index is 144. The molecule has 5 unspecified atom stereocenters. The lowest BCUT2D eigenvalue weighted by Gasteiger charge is -2.26. The second kappa shape index (κ2) is 2.42. The molecule has 4 nitrogen and oxygen atoms in total. The molecule has 0 aromatic heterocycles. The predicted octanol–water partition coefficient (Wildman–Crippen LogP) is -1.64. The van der Waals surface area contributed by atoms with Crippen molar-refractivity contribution in [1.29, 1.82) is 0 Å². The molecule has 0 radical (unpaired) electrons. The summed E-state index contributed by atoms with van der Waals surface area (Å²) >= 11 is 0. The molecule has 0 amide bonds. The van der Waals surface area contributed by atoms with Crippen molar-refractivity contribution < 1.29 is 15.3 Å². The molecule has 64 valence electrons. The largest absolute Gasteiger partial charge is 0.392 e. The number of fused-ring (bicyclic) bond motifs is 2. The highest BCUT2D eigenvalue weighted by Crippen LogP contribution is 2.30. The van der Waals surface area contributed by atoms with Gasteiger partial charge in [-0.05, 0) is 6.42 Å². The van der Waals surface area contributed by atoms with Crippen LogP contribution in [0.5, 0.6) is 0 Å². The van der Waals surface area contributed by atoms with Gasteiger partial charge in [-0.3, -0.25) is 4.90 Å². The highest BCUT2D eigenvalue weighted by atomic mass is 16.4. The molecular weight excluding hydrogens is 146 g/mol. The van der Waals surface area contributed by atoms with E-state index < -0.39 is 12.3 Å². The fourth-order valence-electron chi connectivity index (χ4n) is 2.07. The van der Waals surface area contributed by atoms with Crippen LogP contribution in [0, 0.1) is 5.92 Å². The number of nitrogens with zero attached hydrogens (tertiary/aromatic N) is 1. The molecular formula is C7H13NO3. The van der Waals surface area contributed by atoms with E-state index >= 15 is 0 Å². The molecule has 11 heavy (non-hydrogen) atoms. The van der Waals surface area contributed by atoms with Gasteiger partial charge in [-0.15, -0.1) is 0 Å². The van der Waals surface area contributed by atoms with Crippen molar-refractivity contribution in [2.75, 3.05) is 13.1 Å². The number of hydrogen-bond donors (Lipinski definition) is 3. The first kappa shape index (κ1) is 7.49. The lowest BCUT2D eigenvalue weighted by Crippen LogP contribution is -2.40. The Morgan fingerprint density at radius 2 is 1.82 bits per heavy atom. The Kier molecular flexibility index (Phi) is 1.64. The van der Waals surface area contributed by atoms with Gasteiger partial charge in [-0.1, -0.05) is 0 Å². The Hall–Kier alpha value is -0.160. The number of hydrogen-bond acceptors (Lipinski definition) is 4. The van der Waals surface area contributed by atoms with E-state index in [9.17, 15) is 15.3 Å². The van der Waals surface area contributed by atoms with Gasteiger partial charge in [0.2, 0.25) is 0 Å². The molecule has 2 bridgehead atoms. The van der Waals surface area contributed by atoms with Crippen LogP contribution >= 0.6 is 0 Å². The van der Waals surface area contributed by atoms with Crippen molar-refractivity contribution >= 4 is 0 Å². The Morgan fingerprint density at radius 3 is 2.45 bits per heavy atom. The van der Waals surface area contributed by atoms with Gasteiger partial charge in [0, 0.05) is 19.0 Å². The van der Waals surface area contributed by atoms with E-state index in [4.69, 9.17) is 0 Å². The normalized spacial score (nSPS) is 56.5. The summed E-state index contributed by atoms with van der Waals surface area (Å²) in [6.07, 6.45) is -1.17. The number of aliphatic hydroxyl groups is 3. The SMILES string of the molecule is OC1CC2CN(C1)C(O)C2O. The van der Waals surface area contributed by atoms with Crippen LogP contribution in [0.1, 0.15) is 6.42 Å². The number of aliphatic hydroxyl groups excluding tert-OH is 3. The minimum atomic E-state index is -0.753. The summed E-state index contributed by atoms with van der Waals surface area (Å²) in [5.41, 5.74) is 0. The maximum absolute atomic E-state index is 9.38.